The highest BCUT2D eigenvalue weighted by Gasteiger charge is 2.34. The lowest BCUT2D eigenvalue weighted by molar-refractivity contribution is -0.137. The molecule has 0 unspecified atom stereocenters. The second-order valence-corrected chi connectivity index (χ2v) is 4.10. The summed E-state index contributed by atoms with van der Waals surface area (Å²) in [7, 11) is 0. The lowest BCUT2D eigenvalue weighted by atomic mass is 10.1. The molecule has 0 spiro atoms. The standard InChI is InChI=1S/C13H7F3N4O/c14-13(15,16)10-4-2-1-3-9(10)11-19-12(21-20-11)8-5-6-17-18-7-8/h1-7H. The van der Waals surface area contributed by atoms with Crippen LogP contribution in [0.2, 0.25) is 0 Å². The van der Waals surface area contributed by atoms with Gasteiger partial charge in [0.05, 0.1) is 23.5 Å². The first-order valence-electron chi connectivity index (χ1n) is 5.83. The van der Waals surface area contributed by atoms with Crippen molar-refractivity contribution >= 4 is 0 Å². The molecule has 0 radical (unpaired) electrons. The van der Waals surface area contributed by atoms with E-state index in [0.29, 0.717) is 5.56 Å². The molecule has 0 atom stereocenters. The molecular weight excluding hydrogens is 285 g/mol. The first-order valence-corrected chi connectivity index (χ1v) is 5.83. The fourth-order valence-corrected chi connectivity index (χ4v) is 1.79. The minimum atomic E-state index is -4.49. The van der Waals surface area contributed by atoms with Crippen molar-refractivity contribution in [1.82, 2.24) is 20.3 Å². The van der Waals surface area contributed by atoms with E-state index in [4.69, 9.17) is 4.52 Å². The molecule has 0 aliphatic carbocycles. The van der Waals surface area contributed by atoms with E-state index >= 15 is 0 Å². The summed E-state index contributed by atoms with van der Waals surface area (Å²) >= 11 is 0. The zero-order valence-corrected chi connectivity index (χ0v) is 10.4. The highest BCUT2D eigenvalue weighted by Crippen LogP contribution is 2.36. The fourth-order valence-electron chi connectivity index (χ4n) is 1.79. The van der Waals surface area contributed by atoms with Crippen molar-refractivity contribution in [1.29, 1.82) is 0 Å². The summed E-state index contributed by atoms with van der Waals surface area (Å²) in [5, 5.41) is 10.8. The van der Waals surface area contributed by atoms with Crippen LogP contribution in [0.15, 0.2) is 47.2 Å². The van der Waals surface area contributed by atoms with Gasteiger partial charge in [0.1, 0.15) is 0 Å². The van der Waals surface area contributed by atoms with Gasteiger partial charge in [0, 0.05) is 5.56 Å². The van der Waals surface area contributed by atoms with Gasteiger partial charge in [-0.3, -0.25) is 0 Å². The normalized spacial score (nSPS) is 11.6. The van der Waals surface area contributed by atoms with E-state index in [1.165, 1.54) is 30.6 Å². The van der Waals surface area contributed by atoms with Crippen molar-refractivity contribution in [2.75, 3.05) is 0 Å². The predicted molar refractivity (Wildman–Crippen MR) is 65.8 cm³/mol. The zero-order chi connectivity index (χ0) is 14.9. The minimum Gasteiger partial charge on any atom is -0.334 e. The predicted octanol–water partition coefficient (Wildman–Crippen LogP) is 3.21. The van der Waals surface area contributed by atoms with E-state index in [9.17, 15) is 13.2 Å². The van der Waals surface area contributed by atoms with Gasteiger partial charge in [0.15, 0.2) is 0 Å². The Morgan fingerprint density at radius 2 is 1.81 bits per heavy atom. The maximum Gasteiger partial charge on any atom is 0.417 e. The first-order chi connectivity index (χ1) is 10.1. The van der Waals surface area contributed by atoms with Gasteiger partial charge in [0.25, 0.3) is 5.89 Å². The van der Waals surface area contributed by atoms with E-state index < -0.39 is 11.7 Å². The molecule has 0 aliphatic rings. The van der Waals surface area contributed by atoms with E-state index in [1.54, 1.807) is 6.07 Å². The molecule has 3 aromatic rings. The molecule has 3 rings (SSSR count). The van der Waals surface area contributed by atoms with Crippen LogP contribution in [0.1, 0.15) is 5.56 Å². The van der Waals surface area contributed by atoms with Crippen molar-refractivity contribution in [3.8, 4) is 22.8 Å². The van der Waals surface area contributed by atoms with E-state index in [1.807, 2.05) is 0 Å². The van der Waals surface area contributed by atoms with Crippen LogP contribution in [0.25, 0.3) is 22.8 Å². The van der Waals surface area contributed by atoms with Crippen LogP contribution >= 0.6 is 0 Å². The van der Waals surface area contributed by atoms with Crippen LogP contribution in [0.4, 0.5) is 13.2 Å². The van der Waals surface area contributed by atoms with Gasteiger partial charge < -0.3 is 4.52 Å². The molecule has 5 nitrogen and oxygen atoms in total. The Morgan fingerprint density at radius 1 is 1.00 bits per heavy atom. The third kappa shape index (κ3) is 2.60. The van der Waals surface area contributed by atoms with E-state index in [2.05, 4.69) is 20.3 Å². The Morgan fingerprint density at radius 3 is 2.52 bits per heavy atom. The lowest BCUT2D eigenvalue weighted by Gasteiger charge is -2.09. The van der Waals surface area contributed by atoms with Crippen LogP contribution in [-0.4, -0.2) is 20.3 Å². The summed E-state index contributed by atoms with van der Waals surface area (Å²) in [4.78, 5) is 3.98. The number of rotatable bonds is 2. The highest BCUT2D eigenvalue weighted by molar-refractivity contribution is 5.63. The Hall–Kier alpha value is -2.77. The molecule has 0 saturated carbocycles. The Labute approximate surface area is 116 Å². The zero-order valence-electron chi connectivity index (χ0n) is 10.4. The summed E-state index contributed by atoms with van der Waals surface area (Å²) in [6.45, 7) is 0. The molecule has 0 aliphatic heterocycles. The third-order valence-electron chi connectivity index (χ3n) is 2.73. The number of benzene rings is 1. The van der Waals surface area contributed by atoms with Gasteiger partial charge in [-0.1, -0.05) is 23.4 Å². The average Bonchev–Trinajstić information content (AvgIpc) is 2.97. The summed E-state index contributed by atoms with van der Waals surface area (Å²) in [5.74, 6) is -0.0494. The quantitative estimate of drug-likeness (QED) is 0.725. The number of aromatic nitrogens is 4. The highest BCUT2D eigenvalue weighted by atomic mass is 19.4. The SMILES string of the molecule is FC(F)(F)c1ccccc1-c1noc(-c2ccnnc2)n1. The topological polar surface area (TPSA) is 64.7 Å². The molecule has 0 amide bonds. The summed E-state index contributed by atoms with van der Waals surface area (Å²) in [5.41, 5.74) is -0.472. The lowest BCUT2D eigenvalue weighted by Crippen LogP contribution is -2.07. The van der Waals surface area contributed by atoms with Crippen molar-refractivity contribution in [3.63, 3.8) is 0 Å². The maximum absolute atomic E-state index is 13.0. The van der Waals surface area contributed by atoms with Crippen molar-refractivity contribution in [2.45, 2.75) is 6.18 Å². The van der Waals surface area contributed by atoms with Crippen LogP contribution in [0.5, 0.6) is 0 Å². The van der Waals surface area contributed by atoms with Gasteiger partial charge in [0.2, 0.25) is 5.82 Å². The van der Waals surface area contributed by atoms with Crippen molar-refractivity contribution in [3.05, 3.63) is 48.3 Å². The number of hydrogen-bond donors (Lipinski definition) is 0. The van der Waals surface area contributed by atoms with Gasteiger partial charge in [-0.15, -0.1) is 0 Å². The average molecular weight is 292 g/mol. The van der Waals surface area contributed by atoms with E-state index in [0.717, 1.165) is 6.07 Å². The van der Waals surface area contributed by atoms with Crippen LogP contribution in [0.3, 0.4) is 0 Å². The van der Waals surface area contributed by atoms with Crippen LogP contribution in [-0.2, 0) is 6.18 Å². The molecule has 0 bridgehead atoms. The van der Waals surface area contributed by atoms with Crippen molar-refractivity contribution < 1.29 is 17.7 Å². The van der Waals surface area contributed by atoms with Gasteiger partial charge in [-0.05, 0) is 12.1 Å². The molecule has 1 aromatic carbocycles. The molecule has 106 valence electrons. The second kappa shape index (κ2) is 4.97. The second-order valence-electron chi connectivity index (χ2n) is 4.10. The molecule has 0 saturated heterocycles. The summed E-state index contributed by atoms with van der Waals surface area (Å²) in [6, 6.07) is 6.62. The molecule has 21 heavy (non-hydrogen) atoms. The maximum atomic E-state index is 13.0. The molecule has 2 aromatic heterocycles. The Kier molecular flexibility index (Phi) is 3.13. The number of alkyl halides is 3. The summed E-state index contributed by atoms with van der Waals surface area (Å²) in [6.07, 6.45) is -1.69. The largest absolute Gasteiger partial charge is 0.417 e. The molecular formula is C13H7F3N4O. The first kappa shape index (κ1) is 13.2. The van der Waals surface area contributed by atoms with Gasteiger partial charge >= 0.3 is 6.18 Å². The monoisotopic (exact) mass is 292 g/mol. The van der Waals surface area contributed by atoms with Gasteiger partial charge in [-0.25, -0.2) is 0 Å². The van der Waals surface area contributed by atoms with Crippen molar-refractivity contribution in [2.24, 2.45) is 0 Å². The number of hydrogen-bond acceptors (Lipinski definition) is 5. The Bertz CT molecular complexity index is 755. The molecule has 8 heteroatoms. The van der Waals surface area contributed by atoms with Gasteiger partial charge in [-0.2, -0.15) is 28.4 Å². The van der Waals surface area contributed by atoms with Crippen LogP contribution < -0.4 is 0 Å². The molecule has 0 N–H and O–H groups in total. The van der Waals surface area contributed by atoms with E-state index in [-0.39, 0.29) is 17.3 Å². The fraction of sp³-hybridized carbons (Fsp3) is 0.0769. The number of halogens is 3. The molecule has 0 fully saturated rings. The number of nitrogens with zero attached hydrogens (tertiary/aromatic N) is 4. The molecule has 2 heterocycles. The van der Waals surface area contributed by atoms with Crippen LogP contribution in [0, 0.1) is 0 Å². The summed E-state index contributed by atoms with van der Waals surface area (Å²) < 4.78 is 43.9. The Balaban J connectivity index is 2.06. The third-order valence-corrected chi connectivity index (χ3v) is 2.73. The smallest absolute Gasteiger partial charge is 0.334 e. The minimum absolute atomic E-state index is 0.0804.